The number of amides is 1. The molecule has 3 aromatic rings. The van der Waals surface area contributed by atoms with E-state index in [9.17, 15) is 4.79 Å². The molecule has 0 atom stereocenters. The highest BCUT2D eigenvalue weighted by molar-refractivity contribution is 6.40. The molecule has 0 radical (unpaired) electrons. The molecule has 0 aromatic heterocycles. The van der Waals surface area contributed by atoms with Gasteiger partial charge in [0.1, 0.15) is 11.3 Å². The van der Waals surface area contributed by atoms with Crippen molar-refractivity contribution in [3.63, 3.8) is 0 Å². The van der Waals surface area contributed by atoms with E-state index >= 15 is 0 Å². The number of nitrogens with zero attached hydrogens (tertiary/aromatic N) is 2. The van der Waals surface area contributed by atoms with E-state index < -0.39 is 11.4 Å². The molecule has 0 saturated carbocycles. The van der Waals surface area contributed by atoms with Gasteiger partial charge in [0.15, 0.2) is 0 Å². The van der Waals surface area contributed by atoms with Crippen LogP contribution in [0, 0.1) is 0 Å². The summed E-state index contributed by atoms with van der Waals surface area (Å²) in [6, 6.07) is 25.0. The van der Waals surface area contributed by atoms with E-state index in [2.05, 4.69) is 21.1 Å². The van der Waals surface area contributed by atoms with Crippen molar-refractivity contribution < 1.29 is 4.79 Å². The zero-order valence-electron chi connectivity index (χ0n) is 15.8. The van der Waals surface area contributed by atoms with Crippen LogP contribution >= 0.6 is 23.2 Å². The summed E-state index contributed by atoms with van der Waals surface area (Å²) >= 11 is 12.2. The SMILES string of the molecule is O=C(N/N=C\c1c(Cl)cccc1Cl)C1=NNC(c2ccccc2)(c2ccccc2)C1. The molecule has 0 aliphatic carbocycles. The van der Waals surface area contributed by atoms with Gasteiger partial charge < -0.3 is 0 Å². The molecule has 1 amide bonds. The molecule has 1 aliphatic heterocycles. The van der Waals surface area contributed by atoms with Crippen LogP contribution in [0.1, 0.15) is 23.1 Å². The fourth-order valence-electron chi connectivity index (χ4n) is 3.42. The molecular weight excluding hydrogens is 419 g/mol. The van der Waals surface area contributed by atoms with Gasteiger partial charge in [-0.15, -0.1) is 0 Å². The van der Waals surface area contributed by atoms with Crippen LogP contribution in [0.15, 0.2) is 89.1 Å². The van der Waals surface area contributed by atoms with E-state index in [1.54, 1.807) is 18.2 Å². The van der Waals surface area contributed by atoms with Gasteiger partial charge in [-0.2, -0.15) is 10.2 Å². The van der Waals surface area contributed by atoms with Gasteiger partial charge in [0.2, 0.25) is 0 Å². The minimum Gasteiger partial charge on any atom is -0.294 e. The summed E-state index contributed by atoms with van der Waals surface area (Å²) in [6.07, 6.45) is 1.81. The number of hydrogen-bond donors (Lipinski definition) is 2. The van der Waals surface area contributed by atoms with Crippen LogP contribution in [0.25, 0.3) is 0 Å². The highest BCUT2D eigenvalue weighted by atomic mass is 35.5. The Morgan fingerprint density at radius 1 is 0.933 bits per heavy atom. The smallest absolute Gasteiger partial charge is 0.287 e. The molecule has 3 aromatic carbocycles. The molecule has 0 fully saturated rings. The third-order valence-corrected chi connectivity index (χ3v) is 5.63. The summed E-state index contributed by atoms with van der Waals surface area (Å²) < 4.78 is 0. The summed E-state index contributed by atoms with van der Waals surface area (Å²) in [4.78, 5) is 12.7. The molecule has 0 bridgehead atoms. The molecule has 5 nitrogen and oxygen atoms in total. The maximum absolute atomic E-state index is 12.7. The summed E-state index contributed by atoms with van der Waals surface area (Å²) in [6.45, 7) is 0. The fourth-order valence-corrected chi connectivity index (χ4v) is 3.92. The topological polar surface area (TPSA) is 65.8 Å². The van der Waals surface area contributed by atoms with Gasteiger partial charge >= 0.3 is 0 Å². The molecule has 0 unspecified atom stereocenters. The van der Waals surface area contributed by atoms with Crippen molar-refractivity contribution in [1.82, 2.24) is 10.9 Å². The molecule has 7 heteroatoms. The Labute approximate surface area is 184 Å². The van der Waals surface area contributed by atoms with Crippen LogP contribution in [0.2, 0.25) is 10.0 Å². The maximum atomic E-state index is 12.7. The lowest BCUT2D eigenvalue weighted by Gasteiger charge is -2.30. The average molecular weight is 437 g/mol. The molecule has 4 rings (SSSR count). The zero-order valence-corrected chi connectivity index (χ0v) is 17.4. The van der Waals surface area contributed by atoms with Crippen LogP contribution in [0.5, 0.6) is 0 Å². The second-order valence-corrected chi connectivity index (χ2v) is 7.63. The van der Waals surface area contributed by atoms with Gasteiger partial charge in [-0.3, -0.25) is 10.2 Å². The van der Waals surface area contributed by atoms with Gasteiger partial charge in [0.25, 0.3) is 5.91 Å². The minimum absolute atomic E-state index is 0.352. The predicted molar refractivity (Wildman–Crippen MR) is 121 cm³/mol. The standard InChI is InChI=1S/C23H18Cl2N4O/c24-19-12-7-13-20(25)18(19)15-26-28-22(30)21-14-23(29-27-21,16-8-3-1-4-9-16)17-10-5-2-6-11-17/h1-13,15,29H,14H2,(H,28,30)/b26-15-. The van der Waals surface area contributed by atoms with Crippen molar-refractivity contribution in [2.45, 2.75) is 12.0 Å². The number of carbonyl (C=O) groups excluding carboxylic acids is 1. The summed E-state index contributed by atoms with van der Waals surface area (Å²) in [5.41, 5.74) is 8.02. The Hall–Kier alpha value is -3.15. The number of hydrogen-bond acceptors (Lipinski definition) is 4. The van der Waals surface area contributed by atoms with E-state index in [0.29, 0.717) is 27.7 Å². The lowest BCUT2D eigenvalue weighted by Crippen LogP contribution is -2.38. The number of nitrogens with one attached hydrogen (secondary N) is 2. The number of carbonyl (C=O) groups is 1. The second kappa shape index (κ2) is 8.69. The summed E-state index contributed by atoms with van der Waals surface area (Å²) in [5.74, 6) is -0.393. The summed E-state index contributed by atoms with van der Waals surface area (Å²) in [7, 11) is 0. The van der Waals surface area contributed by atoms with Gasteiger partial charge in [-0.05, 0) is 23.3 Å². The van der Waals surface area contributed by atoms with Crippen LogP contribution in [0.3, 0.4) is 0 Å². The number of benzene rings is 3. The van der Waals surface area contributed by atoms with E-state index in [-0.39, 0.29) is 0 Å². The van der Waals surface area contributed by atoms with E-state index in [0.717, 1.165) is 11.1 Å². The highest BCUT2D eigenvalue weighted by Crippen LogP contribution is 2.36. The van der Waals surface area contributed by atoms with Gasteiger partial charge in [-0.1, -0.05) is 89.9 Å². The first-order chi connectivity index (χ1) is 14.6. The first-order valence-electron chi connectivity index (χ1n) is 9.32. The van der Waals surface area contributed by atoms with Crippen molar-refractivity contribution in [3.05, 3.63) is 106 Å². The van der Waals surface area contributed by atoms with Crippen molar-refractivity contribution >= 4 is 41.0 Å². The quantitative estimate of drug-likeness (QED) is 0.448. The van der Waals surface area contributed by atoms with Gasteiger partial charge in [0, 0.05) is 12.0 Å². The van der Waals surface area contributed by atoms with Crippen molar-refractivity contribution in [1.29, 1.82) is 0 Å². The summed E-state index contributed by atoms with van der Waals surface area (Å²) in [5, 5.41) is 9.23. The monoisotopic (exact) mass is 436 g/mol. The Morgan fingerprint density at radius 2 is 1.50 bits per heavy atom. The number of halogens is 2. The first-order valence-corrected chi connectivity index (χ1v) is 10.1. The largest absolute Gasteiger partial charge is 0.294 e. The maximum Gasteiger partial charge on any atom is 0.287 e. The van der Waals surface area contributed by atoms with Crippen molar-refractivity contribution in [2.24, 2.45) is 10.2 Å². The molecular formula is C23H18Cl2N4O. The predicted octanol–water partition coefficient (Wildman–Crippen LogP) is 4.74. The molecule has 1 aliphatic rings. The molecule has 2 N–H and O–H groups in total. The van der Waals surface area contributed by atoms with Crippen LogP contribution in [-0.4, -0.2) is 17.8 Å². The normalized spacial score (nSPS) is 14.9. The van der Waals surface area contributed by atoms with E-state index in [1.807, 2.05) is 60.7 Å². The van der Waals surface area contributed by atoms with Crippen LogP contribution in [-0.2, 0) is 10.3 Å². The Bertz CT molecular complexity index is 1050. The molecule has 30 heavy (non-hydrogen) atoms. The van der Waals surface area contributed by atoms with E-state index in [4.69, 9.17) is 23.2 Å². The highest BCUT2D eigenvalue weighted by Gasteiger charge is 2.41. The molecule has 150 valence electrons. The second-order valence-electron chi connectivity index (χ2n) is 6.82. The van der Waals surface area contributed by atoms with Gasteiger partial charge in [0.05, 0.1) is 16.3 Å². The zero-order chi connectivity index (χ0) is 21.0. The number of hydrazone groups is 2. The molecule has 1 heterocycles. The van der Waals surface area contributed by atoms with E-state index in [1.165, 1.54) is 6.21 Å². The fraction of sp³-hybridized carbons (Fsp3) is 0.0870. The molecule has 0 spiro atoms. The molecule has 0 saturated heterocycles. The third kappa shape index (κ3) is 3.95. The van der Waals surface area contributed by atoms with Crippen molar-refractivity contribution in [2.75, 3.05) is 0 Å². The van der Waals surface area contributed by atoms with Crippen LogP contribution < -0.4 is 10.9 Å². The minimum atomic E-state index is -0.620. The average Bonchev–Trinajstić information content (AvgIpc) is 3.24. The Morgan fingerprint density at radius 3 is 2.07 bits per heavy atom. The van der Waals surface area contributed by atoms with Crippen molar-refractivity contribution in [3.8, 4) is 0 Å². The third-order valence-electron chi connectivity index (χ3n) is 4.97. The Kier molecular flexibility index (Phi) is 5.84. The van der Waals surface area contributed by atoms with Crippen LogP contribution in [0.4, 0.5) is 0 Å². The lowest BCUT2D eigenvalue weighted by atomic mass is 9.80. The van der Waals surface area contributed by atoms with Gasteiger partial charge in [-0.25, -0.2) is 5.43 Å². The Balaban J connectivity index is 1.54. The first kappa shape index (κ1) is 20.1. The number of rotatable bonds is 5. The lowest BCUT2D eigenvalue weighted by molar-refractivity contribution is -0.114.